The van der Waals surface area contributed by atoms with Crippen LogP contribution in [0.2, 0.25) is 0 Å². The number of Topliss-reactive ketones (excluding diaryl/α,β-unsaturated/α-hetero) is 1. The molecule has 1 aliphatic heterocycles. The van der Waals surface area contributed by atoms with Gasteiger partial charge >= 0.3 is 0 Å². The normalized spacial score (nSPS) is 16.7. The molecule has 0 saturated carbocycles. The fraction of sp³-hybridized carbons (Fsp3) is 0.200. The van der Waals surface area contributed by atoms with E-state index in [9.17, 15) is 14.7 Å². The van der Waals surface area contributed by atoms with Crippen molar-refractivity contribution in [3.8, 4) is 11.5 Å². The molecule has 0 aromatic heterocycles. The minimum Gasteiger partial charge on any atom is -0.507 e. The molecule has 6 heteroatoms. The van der Waals surface area contributed by atoms with Crippen molar-refractivity contribution in [1.29, 1.82) is 0 Å². The molecule has 1 saturated heterocycles. The maximum absolute atomic E-state index is 13.3. The van der Waals surface area contributed by atoms with Crippen LogP contribution in [0.3, 0.4) is 0 Å². The molecule has 1 amide bonds. The molecule has 1 N–H and O–H groups in total. The summed E-state index contributed by atoms with van der Waals surface area (Å²) in [6, 6.07) is 22.8. The molecule has 36 heavy (non-hydrogen) atoms. The lowest BCUT2D eigenvalue weighted by molar-refractivity contribution is -0.140. The Morgan fingerprint density at radius 1 is 0.972 bits per heavy atom. The molecular formula is C30H29NO5. The quantitative estimate of drug-likeness (QED) is 0.174. The number of aliphatic hydroxyl groups excluding tert-OH is 1. The Bertz CT molecular complexity index is 1260. The number of hydrogen-bond donors (Lipinski definition) is 1. The lowest BCUT2D eigenvalue weighted by atomic mass is 9.95. The number of nitrogens with zero attached hydrogens (tertiary/aromatic N) is 1. The molecule has 0 aliphatic carbocycles. The third-order valence-electron chi connectivity index (χ3n) is 5.88. The van der Waals surface area contributed by atoms with Gasteiger partial charge < -0.3 is 19.5 Å². The van der Waals surface area contributed by atoms with Gasteiger partial charge in [-0.1, -0.05) is 74.2 Å². The first-order chi connectivity index (χ1) is 17.5. The Hall–Kier alpha value is -4.32. The molecule has 1 unspecified atom stereocenters. The van der Waals surface area contributed by atoms with E-state index in [1.54, 1.807) is 54.6 Å². The van der Waals surface area contributed by atoms with Crippen molar-refractivity contribution in [3.63, 3.8) is 0 Å². The van der Waals surface area contributed by atoms with Crippen molar-refractivity contribution < 1.29 is 24.2 Å². The van der Waals surface area contributed by atoms with E-state index in [0.29, 0.717) is 35.8 Å². The van der Waals surface area contributed by atoms with Gasteiger partial charge in [-0.2, -0.15) is 0 Å². The summed E-state index contributed by atoms with van der Waals surface area (Å²) in [4.78, 5) is 28.0. The Labute approximate surface area is 211 Å². The monoisotopic (exact) mass is 483 g/mol. The first-order valence-corrected chi connectivity index (χ1v) is 11.9. The molecule has 3 aromatic carbocycles. The van der Waals surface area contributed by atoms with Crippen LogP contribution in [0.25, 0.3) is 5.76 Å². The van der Waals surface area contributed by atoms with Crippen LogP contribution in [0, 0.1) is 0 Å². The minimum atomic E-state index is -0.765. The summed E-state index contributed by atoms with van der Waals surface area (Å²) in [5.74, 6) is -0.391. The van der Waals surface area contributed by atoms with Crippen molar-refractivity contribution in [3.05, 3.63) is 114 Å². The zero-order valence-electron chi connectivity index (χ0n) is 20.2. The van der Waals surface area contributed by atoms with E-state index in [-0.39, 0.29) is 17.9 Å². The average molecular weight is 484 g/mol. The number of benzene rings is 3. The van der Waals surface area contributed by atoms with Crippen LogP contribution in [-0.4, -0.2) is 34.9 Å². The van der Waals surface area contributed by atoms with Gasteiger partial charge in [-0.3, -0.25) is 9.59 Å². The molecule has 1 atom stereocenters. The lowest BCUT2D eigenvalue weighted by Crippen LogP contribution is -2.29. The molecule has 1 aliphatic rings. The predicted molar refractivity (Wildman–Crippen MR) is 139 cm³/mol. The number of amides is 1. The number of likely N-dealkylation sites (tertiary alicyclic amines) is 1. The Kier molecular flexibility index (Phi) is 7.85. The van der Waals surface area contributed by atoms with Crippen molar-refractivity contribution in [1.82, 2.24) is 4.90 Å². The molecule has 1 fully saturated rings. The number of carbonyl (C=O) groups is 2. The van der Waals surface area contributed by atoms with Crippen LogP contribution in [0.1, 0.15) is 36.1 Å². The summed E-state index contributed by atoms with van der Waals surface area (Å²) in [6.45, 7) is 6.78. The van der Waals surface area contributed by atoms with E-state index in [1.165, 1.54) is 4.90 Å². The van der Waals surface area contributed by atoms with Crippen molar-refractivity contribution in [2.24, 2.45) is 0 Å². The van der Waals surface area contributed by atoms with E-state index in [0.717, 1.165) is 12.0 Å². The number of ketones is 1. The van der Waals surface area contributed by atoms with Crippen LogP contribution in [0.5, 0.6) is 11.5 Å². The number of rotatable bonds is 10. The number of ether oxygens (including phenoxy) is 2. The second kappa shape index (κ2) is 11.4. The maximum atomic E-state index is 13.3. The van der Waals surface area contributed by atoms with E-state index < -0.39 is 17.7 Å². The van der Waals surface area contributed by atoms with Gasteiger partial charge in [0.2, 0.25) is 0 Å². The SMILES string of the molecule is C=CCOc1ccc(C2/C(=C(\O)c3cccc(OCCC)c3)C(=O)C(=O)N2Cc2ccccc2)cc1. The smallest absolute Gasteiger partial charge is 0.295 e. The van der Waals surface area contributed by atoms with Crippen LogP contribution < -0.4 is 9.47 Å². The largest absolute Gasteiger partial charge is 0.507 e. The van der Waals surface area contributed by atoms with Gasteiger partial charge in [0.25, 0.3) is 11.7 Å². The van der Waals surface area contributed by atoms with Gasteiger partial charge in [0, 0.05) is 12.1 Å². The molecule has 3 aromatic rings. The molecule has 4 rings (SSSR count). The van der Waals surface area contributed by atoms with E-state index in [2.05, 4.69) is 6.58 Å². The van der Waals surface area contributed by atoms with Crippen molar-refractivity contribution >= 4 is 17.4 Å². The van der Waals surface area contributed by atoms with Gasteiger partial charge in [0.1, 0.15) is 23.9 Å². The number of carbonyl (C=O) groups excluding carboxylic acids is 2. The number of hydrogen-bond acceptors (Lipinski definition) is 5. The van der Waals surface area contributed by atoms with E-state index in [1.807, 2.05) is 37.3 Å². The standard InChI is InChI=1S/C30H29NO5/c1-3-17-35-24-15-13-22(14-16-24)27-26(28(32)23-11-8-12-25(19-23)36-18-4-2)29(33)30(34)31(27)20-21-9-6-5-7-10-21/h3,5-16,19,27,32H,1,4,17-18,20H2,2H3/b28-26+. The van der Waals surface area contributed by atoms with Gasteiger partial charge in [-0.05, 0) is 41.8 Å². The summed E-state index contributed by atoms with van der Waals surface area (Å²) in [6.07, 6.45) is 2.49. The topological polar surface area (TPSA) is 76.1 Å². The zero-order chi connectivity index (χ0) is 25.5. The van der Waals surface area contributed by atoms with Gasteiger partial charge in [-0.15, -0.1) is 0 Å². The Morgan fingerprint density at radius 2 is 1.72 bits per heavy atom. The summed E-state index contributed by atoms with van der Waals surface area (Å²) >= 11 is 0. The fourth-order valence-electron chi connectivity index (χ4n) is 4.18. The molecule has 0 bridgehead atoms. The third-order valence-corrected chi connectivity index (χ3v) is 5.88. The Balaban J connectivity index is 1.79. The lowest BCUT2D eigenvalue weighted by Gasteiger charge is -2.25. The van der Waals surface area contributed by atoms with Crippen LogP contribution in [-0.2, 0) is 16.1 Å². The van der Waals surface area contributed by atoms with Crippen LogP contribution >= 0.6 is 0 Å². The van der Waals surface area contributed by atoms with Gasteiger partial charge in [0.15, 0.2) is 0 Å². The summed E-state index contributed by atoms with van der Waals surface area (Å²) in [7, 11) is 0. The summed E-state index contributed by atoms with van der Waals surface area (Å²) in [5, 5.41) is 11.3. The van der Waals surface area contributed by atoms with E-state index >= 15 is 0 Å². The first-order valence-electron chi connectivity index (χ1n) is 11.9. The van der Waals surface area contributed by atoms with Crippen molar-refractivity contribution in [2.45, 2.75) is 25.9 Å². The highest BCUT2D eigenvalue weighted by Gasteiger charge is 2.46. The zero-order valence-corrected chi connectivity index (χ0v) is 20.2. The fourth-order valence-corrected chi connectivity index (χ4v) is 4.18. The predicted octanol–water partition coefficient (Wildman–Crippen LogP) is 5.66. The summed E-state index contributed by atoms with van der Waals surface area (Å²) in [5.41, 5.74) is 2.03. The average Bonchev–Trinajstić information content (AvgIpc) is 3.16. The molecule has 1 heterocycles. The van der Waals surface area contributed by atoms with Crippen LogP contribution in [0.4, 0.5) is 0 Å². The molecule has 0 radical (unpaired) electrons. The second-order valence-corrected chi connectivity index (χ2v) is 8.46. The highest BCUT2D eigenvalue weighted by Crippen LogP contribution is 2.41. The first kappa shape index (κ1) is 24.8. The highest BCUT2D eigenvalue weighted by atomic mass is 16.5. The molecular weight excluding hydrogens is 454 g/mol. The molecule has 6 nitrogen and oxygen atoms in total. The van der Waals surface area contributed by atoms with Gasteiger partial charge in [0.05, 0.1) is 18.2 Å². The van der Waals surface area contributed by atoms with E-state index in [4.69, 9.17) is 9.47 Å². The summed E-state index contributed by atoms with van der Waals surface area (Å²) < 4.78 is 11.3. The number of aliphatic hydroxyl groups is 1. The Morgan fingerprint density at radius 3 is 2.42 bits per heavy atom. The third kappa shape index (κ3) is 5.33. The van der Waals surface area contributed by atoms with Crippen LogP contribution in [0.15, 0.2) is 97.1 Å². The minimum absolute atomic E-state index is 0.0448. The highest BCUT2D eigenvalue weighted by molar-refractivity contribution is 6.46. The maximum Gasteiger partial charge on any atom is 0.295 e. The molecule has 184 valence electrons. The van der Waals surface area contributed by atoms with Crippen molar-refractivity contribution in [2.75, 3.05) is 13.2 Å². The molecule has 0 spiro atoms. The van der Waals surface area contributed by atoms with Gasteiger partial charge in [-0.25, -0.2) is 0 Å². The second-order valence-electron chi connectivity index (χ2n) is 8.46.